The van der Waals surface area contributed by atoms with Gasteiger partial charge in [-0.25, -0.2) is 0 Å². The van der Waals surface area contributed by atoms with Crippen molar-refractivity contribution in [3.8, 4) is 11.5 Å². The van der Waals surface area contributed by atoms with E-state index in [1.165, 1.54) is 38.9 Å². The monoisotopic (exact) mass is 382 g/mol. The fourth-order valence-electron chi connectivity index (χ4n) is 3.26. The molecule has 0 radical (unpaired) electrons. The van der Waals surface area contributed by atoms with Crippen LogP contribution in [0.2, 0.25) is 5.02 Å². The molecule has 2 rings (SSSR count). The summed E-state index contributed by atoms with van der Waals surface area (Å²) in [6, 6.07) is 3.37. The lowest BCUT2D eigenvalue weighted by atomic mass is 10.1. The van der Waals surface area contributed by atoms with E-state index in [4.69, 9.17) is 21.1 Å². The van der Waals surface area contributed by atoms with Crippen molar-refractivity contribution >= 4 is 29.1 Å². The van der Waals surface area contributed by atoms with Crippen molar-refractivity contribution in [3.05, 3.63) is 17.2 Å². The Bertz CT molecular complexity index is 643. The smallest absolute Gasteiger partial charge is 0.240 e. The third-order valence-corrected chi connectivity index (χ3v) is 4.94. The largest absolute Gasteiger partial charge is 0.495 e. The molecule has 1 aliphatic carbocycles. The van der Waals surface area contributed by atoms with Gasteiger partial charge in [0.05, 0.1) is 24.9 Å². The third kappa shape index (κ3) is 5.27. The van der Waals surface area contributed by atoms with Crippen LogP contribution < -0.4 is 19.7 Å². The van der Waals surface area contributed by atoms with Crippen LogP contribution in [-0.2, 0) is 9.59 Å². The molecular weight excluding hydrogens is 356 g/mol. The van der Waals surface area contributed by atoms with E-state index >= 15 is 0 Å². The lowest BCUT2D eigenvalue weighted by Crippen LogP contribution is -2.43. The van der Waals surface area contributed by atoms with E-state index in [1.807, 2.05) is 0 Å². The predicted molar refractivity (Wildman–Crippen MR) is 102 cm³/mol. The lowest BCUT2D eigenvalue weighted by Gasteiger charge is -2.25. The summed E-state index contributed by atoms with van der Waals surface area (Å²) < 4.78 is 10.6. The number of hydrogen-bond acceptors (Lipinski definition) is 4. The molecule has 1 aromatic rings. The fourth-order valence-corrected chi connectivity index (χ4v) is 3.49. The second kappa shape index (κ2) is 9.67. The molecule has 1 aromatic carbocycles. The first-order valence-corrected chi connectivity index (χ1v) is 9.33. The normalized spacial score (nSPS) is 15.1. The average molecular weight is 383 g/mol. The Morgan fingerprint density at radius 3 is 2.27 bits per heavy atom. The van der Waals surface area contributed by atoms with Crippen LogP contribution in [0.3, 0.4) is 0 Å². The highest BCUT2D eigenvalue weighted by molar-refractivity contribution is 6.32. The van der Waals surface area contributed by atoms with Crippen LogP contribution in [0.4, 0.5) is 5.69 Å². The number of halogens is 1. The number of nitrogens with one attached hydrogen (secondary N) is 1. The Morgan fingerprint density at radius 1 is 1.12 bits per heavy atom. The van der Waals surface area contributed by atoms with Gasteiger partial charge < -0.3 is 14.8 Å². The molecule has 144 valence electrons. The maximum absolute atomic E-state index is 12.5. The maximum atomic E-state index is 12.5. The van der Waals surface area contributed by atoms with Crippen LogP contribution in [-0.4, -0.2) is 38.6 Å². The zero-order valence-corrected chi connectivity index (χ0v) is 16.4. The summed E-state index contributed by atoms with van der Waals surface area (Å²) in [6.07, 6.45) is 6.67. The van der Waals surface area contributed by atoms with Crippen molar-refractivity contribution in [3.63, 3.8) is 0 Å². The molecule has 26 heavy (non-hydrogen) atoms. The van der Waals surface area contributed by atoms with Gasteiger partial charge in [-0.05, 0) is 12.8 Å². The molecule has 0 heterocycles. The van der Waals surface area contributed by atoms with Crippen LogP contribution in [0.1, 0.15) is 45.4 Å². The first-order chi connectivity index (χ1) is 12.5. The molecule has 0 spiro atoms. The second-order valence-corrected chi connectivity index (χ2v) is 6.93. The first-order valence-electron chi connectivity index (χ1n) is 8.95. The molecule has 1 aliphatic rings. The number of amides is 2. The Labute approximate surface area is 159 Å². The molecule has 7 heteroatoms. The van der Waals surface area contributed by atoms with Crippen LogP contribution in [0, 0.1) is 0 Å². The Morgan fingerprint density at radius 2 is 1.73 bits per heavy atom. The summed E-state index contributed by atoms with van der Waals surface area (Å²) in [5, 5.41) is 3.44. The molecule has 0 unspecified atom stereocenters. The van der Waals surface area contributed by atoms with E-state index in [1.54, 1.807) is 12.1 Å². The van der Waals surface area contributed by atoms with E-state index < -0.39 is 0 Å². The van der Waals surface area contributed by atoms with Gasteiger partial charge in [0.1, 0.15) is 18.0 Å². The minimum atomic E-state index is -0.260. The minimum absolute atomic E-state index is 0.0764. The summed E-state index contributed by atoms with van der Waals surface area (Å²) in [6.45, 7) is 1.34. The van der Waals surface area contributed by atoms with Gasteiger partial charge in [0.15, 0.2) is 0 Å². The molecule has 0 saturated heterocycles. The van der Waals surface area contributed by atoms with E-state index in [-0.39, 0.29) is 24.4 Å². The number of nitrogens with zero attached hydrogens (tertiary/aromatic N) is 1. The summed E-state index contributed by atoms with van der Waals surface area (Å²) in [5.41, 5.74) is 0.456. The summed E-state index contributed by atoms with van der Waals surface area (Å²) in [4.78, 5) is 26.1. The number of methoxy groups -OCH3 is 2. The van der Waals surface area contributed by atoms with Crippen molar-refractivity contribution in [2.75, 3.05) is 25.7 Å². The molecule has 1 fully saturated rings. The van der Waals surface area contributed by atoms with Crippen LogP contribution in [0.25, 0.3) is 0 Å². The summed E-state index contributed by atoms with van der Waals surface area (Å²) in [5.74, 6) is 0.387. The van der Waals surface area contributed by atoms with Gasteiger partial charge in [0.2, 0.25) is 11.8 Å². The van der Waals surface area contributed by atoms with Gasteiger partial charge in [-0.2, -0.15) is 0 Å². The fraction of sp³-hybridized carbons (Fsp3) is 0.579. The van der Waals surface area contributed by atoms with Crippen LogP contribution in [0.5, 0.6) is 11.5 Å². The Hall–Kier alpha value is -1.95. The molecule has 2 amide bonds. The maximum Gasteiger partial charge on any atom is 0.240 e. The zero-order valence-electron chi connectivity index (χ0n) is 15.6. The van der Waals surface area contributed by atoms with Gasteiger partial charge in [-0.15, -0.1) is 0 Å². The van der Waals surface area contributed by atoms with Gasteiger partial charge in [-0.1, -0.05) is 37.3 Å². The molecule has 0 aliphatic heterocycles. The van der Waals surface area contributed by atoms with Crippen molar-refractivity contribution < 1.29 is 19.1 Å². The molecule has 0 bridgehead atoms. The molecule has 0 aromatic heterocycles. The Balaban J connectivity index is 2.18. The summed E-state index contributed by atoms with van der Waals surface area (Å²) >= 11 is 6.13. The number of ether oxygens (including phenoxy) is 2. The van der Waals surface area contributed by atoms with Crippen molar-refractivity contribution in [2.45, 2.75) is 51.5 Å². The highest BCUT2D eigenvalue weighted by atomic mass is 35.5. The van der Waals surface area contributed by atoms with Crippen molar-refractivity contribution in [1.82, 2.24) is 5.32 Å². The zero-order chi connectivity index (χ0) is 19.1. The van der Waals surface area contributed by atoms with E-state index in [0.29, 0.717) is 22.2 Å². The van der Waals surface area contributed by atoms with E-state index in [9.17, 15) is 9.59 Å². The van der Waals surface area contributed by atoms with Crippen LogP contribution >= 0.6 is 11.6 Å². The SMILES string of the molecule is COc1cc(N(CC(=O)NC2CCCCCC2)C(C)=O)c(OC)cc1Cl. The first kappa shape index (κ1) is 20.4. The predicted octanol–water partition coefficient (Wildman–Crippen LogP) is 3.55. The number of benzene rings is 1. The number of carbonyl (C=O) groups excluding carboxylic acids is 2. The topological polar surface area (TPSA) is 67.9 Å². The Kier molecular flexibility index (Phi) is 7.57. The van der Waals surface area contributed by atoms with Gasteiger partial charge in [0, 0.05) is 25.1 Å². The molecule has 0 atom stereocenters. The molecule has 6 nitrogen and oxygen atoms in total. The van der Waals surface area contributed by atoms with Crippen molar-refractivity contribution in [2.24, 2.45) is 0 Å². The number of rotatable bonds is 6. The summed E-state index contributed by atoms with van der Waals surface area (Å²) in [7, 11) is 2.99. The third-order valence-electron chi connectivity index (χ3n) is 4.65. The minimum Gasteiger partial charge on any atom is -0.495 e. The highest BCUT2D eigenvalue weighted by Crippen LogP contribution is 2.38. The van der Waals surface area contributed by atoms with Gasteiger partial charge >= 0.3 is 0 Å². The standard InChI is InChI=1S/C19H27ClN2O4/c1-13(23)22(12-19(24)21-14-8-6-4-5-7-9-14)16-11-17(25-2)15(20)10-18(16)26-3/h10-11,14H,4-9,12H2,1-3H3,(H,21,24). The van der Waals surface area contributed by atoms with Crippen LogP contribution in [0.15, 0.2) is 12.1 Å². The molecule has 1 saturated carbocycles. The number of anilines is 1. The molecule has 1 N–H and O–H groups in total. The van der Waals surface area contributed by atoms with E-state index in [2.05, 4.69) is 5.32 Å². The number of hydrogen-bond donors (Lipinski definition) is 1. The number of carbonyl (C=O) groups is 2. The lowest BCUT2D eigenvalue weighted by molar-refractivity contribution is -0.123. The van der Waals surface area contributed by atoms with E-state index in [0.717, 1.165) is 25.7 Å². The quantitative estimate of drug-likeness (QED) is 0.764. The average Bonchev–Trinajstić information content (AvgIpc) is 2.88. The molecular formula is C19H27ClN2O4. The van der Waals surface area contributed by atoms with Gasteiger partial charge in [0.25, 0.3) is 0 Å². The second-order valence-electron chi connectivity index (χ2n) is 6.52. The highest BCUT2D eigenvalue weighted by Gasteiger charge is 2.23. The van der Waals surface area contributed by atoms with Crippen molar-refractivity contribution in [1.29, 1.82) is 0 Å². The van der Waals surface area contributed by atoms with Gasteiger partial charge in [-0.3, -0.25) is 14.5 Å².